The number of hydrogen-bond acceptors (Lipinski definition) is 2. The molecule has 0 aliphatic heterocycles. The molecule has 7 heteroatoms. The smallest absolute Gasteiger partial charge is 0.0662 e. The van der Waals surface area contributed by atoms with Crippen LogP contribution in [0.5, 0.6) is 0 Å². The average molecular weight is 427 g/mol. The number of hydrogen-bond donors (Lipinski definition) is 2. The molecule has 2 N–H and O–H groups in total. The number of aromatic nitrogens is 1. The molecule has 0 fully saturated rings. The molecule has 0 spiro atoms. The third kappa shape index (κ3) is 4.11. The zero-order valence-corrected chi connectivity index (χ0v) is 16.7. The molecule has 26 heavy (non-hydrogen) atoms. The van der Waals surface area contributed by atoms with E-state index in [4.69, 9.17) is 51.7 Å². The van der Waals surface area contributed by atoms with Gasteiger partial charge in [-0.05, 0) is 24.3 Å². The van der Waals surface area contributed by atoms with E-state index in [0.717, 1.165) is 40.7 Å². The van der Waals surface area contributed by atoms with Crippen LogP contribution in [-0.2, 0) is 6.42 Å². The third-order valence-electron chi connectivity index (χ3n) is 4.07. The van der Waals surface area contributed by atoms with E-state index in [9.17, 15) is 0 Å². The fourth-order valence-electron chi connectivity index (χ4n) is 2.94. The van der Waals surface area contributed by atoms with E-state index in [0.29, 0.717) is 33.1 Å². The average Bonchev–Trinajstić information content (AvgIpc) is 2.93. The number of aromatic amines is 1. The summed E-state index contributed by atoms with van der Waals surface area (Å²) in [5.41, 5.74) is 3.66. The van der Waals surface area contributed by atoms with Gasteiger partial charge in [-0.2, -0.15) is 5.26 Å². The van der Waals surface area contributed by atoms with Crippen molar-refractivity contribution < 1.29 is 0 Å². The second kappa shape index (κ2) is 8.52. The van der Waals surface area contributed by atoms with Gasteiger partial charge in [0, 0.05) is 63.2 Å². The van der Waals surface area contributed by atoms with Crippen LogP contribution >= 0.6 is 46.4 Å². The summed E-state index contributed by atoms with van der Waals surface area (Å²) in [6.07, 6.45) is 1.20. The van der Waals surface area contributed by atoms with Crippen LogP contribution in [0.15, 0.2) is 30.3 Å². The van der Waals surface area contributed by atoms with Crippen LogP contribution < -0.4 is 5.32 Å². The molecule has 134 valence electrons. The number of fused-ring (bicyclic) bond motifs is 1. The van der Waals surface area contributed by atoms with Crippen LogP contribution in [-0.4, -0.2) is 18.1 Å². The first-order valence-electron chi connectivity index (χ1n) is 8.04. The van der Waals surface area contributed by atoms with Crippen LogP contribution in [0, 0.1) is 11.3 Å². The highest BCUT2D eigenvalue weighted by Crippen LogP contribution is 2.41. The summed E-state index contributed by atoms with van der Waals surface area (Å²) in [5, 5.41) is 15.1. The largest absolute Gasteiger partial charge is 0.357 e. The molecule has 0 aliphatic rings. The molecule has 0 radical (unpaired) electrons. The Morgan fingerprint density at radius 2 is 1.73 bits per heavy atom. The first kappa shape index (κ1) is 19.4. The Balaban J connectivity index is 2.08. The highest BCUT2D eigenvalue weighted by atomic mass is 35.5. The Labute approximate surface area is 171 Å². The van der Waals surface area contributed by atoms with Crippen molar-refractivity contribution >= 4 is 57.3 Å². The Morgan fingerprint density at radius 1 is 0.962 bits per heavy atom. The van der Waals surface area contributed by atoms with Gasteiger partial charge >= 0.3 is 0 Å². The van der Waals surface area contributed by atoms with Crippen molar-refractivity contribution in [2.75, 3.05) is 13.1 Å². The zero-order valence-electron chi connectivity index (χ0n) is 13.7. The van der Waals surface area contributed by atoms with E-state index >= 15 is 0 Å². The summed E-state index contributed by atoms with van der Waals surface area (Å²) in [4.78, 5) is 3.40. The molecule has 2 aromatic carbocycles. The van der Waals surface area contributed by atoms with Crippen LogP contribution in [0.25, 0.3) is 22.0 Å². The second-order valence-electron chi connectivity index (χ2n) is 5.82. The van der Waals surface area contributed by atoms with Gasteiger partial charge in [-0.15, -0.1) is 0 Å². The van der Waals surface area contributed by atoms with Crippen LogP contribution in [0.3, 0.4) is 0 Å². The first-order valence-corrected chi connectivity index (χ1v) is 9.55. The van der Waals surface area contributed by atoms with Gasteiger partial charge in [-0.3, -0.25) is 0 Å². The number of H-pyrrole nitrogens is 1. The summed E-state index contributed by atoms with van der Waals surface area (Å²) in [5.74, 6) is 0. The Bertz CT molecular complexity index is 989. The van der Waals surface area contributed by atoms with E-state index < -0.39 is 0 Å². The Kier molecular flexibility index (Phi) is 6.34. The van der Waals surface area contributed by atoms with Gasteiger partial charge in [0.25, 0.3) is 0 Å². The maximum absolute atomic E-state index is 8.63. The van der Waals surface area contributed by atoms with Gasteiger partial charge in [0.2, 0.25) is 0 Å². The quantitative estimate of drug-likeness (QED) is 0.442. The van der Waals surface area contributed by atoms with Crippen molar-refractivity contribution in [3.05, 3.63) is 56.1 Å². The highest BCUT2D eigenvalue weighted by molar-refractivity contribution is 6.39. The van der Waals surface area contributed by atoms with E-state index in [1.165, 1.54) is 0 Å². The molecule has 1 aromatic heterocycles. The molecule has 0 unspecified atom stereocenters. The van der Waals surface area contributed by atoms with Crippen molar-refractivity contribution in [1.29, 1.82) is 5.26 Å². The maximum atomic E-state index is 8.63. The van der Waals surface area contributed by atoms with Crippen molar-refractivity contribution in [3.8, 4) is 17.2 Å². The van der Waals surface area contributed by atoms with Gasteiger partial charge in [0.15, 0.2) is 0 Å². The summed E-state index contributed by atoms with van der Waals surface area (Å²) < 4.78 is 0. The molecule has 3 rings (SSSR count). The molecule has 0 aliphatic carbocycles. The normalized spacial score (nSPS) is 11.0. The molecule has 1 heterocycles. The molecule has 0 bridgehead atoms. The standard InChI is InChI=1S/C19H15Cl4N3/c20-11-2-3-13(15(22)9-11)18-14-8-12(21)10-16(23)19(14)26-17(18)4-7-25-6-1-5-24/h2-3,8-10,25-26H,1,4,6-7H2. The highest BCUT2D eigenvalue weighted by Gasteiger charge is 2.18. The maximum Gasteiger partial charge on any atom is 0.0662 e. The second-order valence-corrected chi connectivity index (χ2v) is 7.51. The van der Waals surface area contributed by atoms with E-state index in [1.54, 1.807) is 12.1 Å². The summed E-state index contributed by atoms with van der Waals surface area (Å²) in [6.45, 7) is 1.37. The molecule has 0 saturated carbocycles. The van der Waals surface area contributed by atoms with Gasteiger partial charge < -0.3 is 10.3 Å². The lowest BCUT2D eigenvalue weighted by Crippen LogP contribution is -2.18. The first-order chi connectivity index (χ1) is 12.5. The van der Waals surface area contributed by atoms with E-state index in [1.807, 2.05) is 18.2 Å². The molecule has 0 amide bonds. The van der Waals surface area contributed by atoms with Gasteiger partial charge in [-0.25, -0.2) is 0 Å². The lowest BCUT2D eigenvalue weighted by atomic mass is 10.0. The van der Waals surface area contributed by atoms with Gasteiger partial charge in [-0.1, -0.05) is 52.5 Å². The predicted octanol–water partition coefficient (Wildman–Crippen LogP) is 6.49. The number of halogens is 4. The summed E-state index contributed by atoms with van der Waals surface area (Å²) in [6, 6.07) is 11.1. The summed E-state index contributed by atoms with van der Waals surface area (Å²) in [7, 11) is 0. The lowest BCUT2D eigenvalue weighted by molar-refractivity contribution is 0.688. The predicted molar refractivity (Wildman–Crippen MR) is 111 cm³/mol. The van der Waals surface area contributed by atoms with E-state index in [-0.39, 0.29) is 0 Å². The van der Waals surface area contributed by atoms with Gasteiger partial charge in [0.1, 0.15) is 0 Å². The SMILES string of the molecule is N#CCCNCCc1[nH]c2c(Cl)cc(Cl)cc2c1-c1ccc(Cl)cc1Cl. The van der Waals surface area contributed by atoms with Crippen molar-refractivity contribution in [2.45, 2.75) is 12.8 Å². The minimum Gasteiger partial charge on any atom is -0.357 e. The van der Waals surface area contributed by atoms with Gasteiger partial charge in [0.05, 0.1) is 16.6 Å². The molecular formula is C19H15Cl4N3. The number of nitrogens with one attached hydrogen (secondary N) is 2. The lowest BCUT2D eigenvalue weighted by Gasteiger charge is -2.09. The van der Waals surface area contributed by atoms with Crippen molar-refractivity contribution in [2.24, 2.45) is 0 Å². The molecule has 3 nitrogen and oxygen atoms in total. The fourth-order valence-corrected chi connectivity index (χ4v) is 3.99. The number of nitrogens with zero attached hydrogens (tertiary/aromatic N) is 1. The minimum absolute atomic E-state index is 0.476. The van der Waals surface area contributed by atoms with Crippen molar-refractivity contribution in [3.63, 3.8) is 0 Å². The van der Waals surface area contributed by atoms with E-state index in [2.05, 4.69) is 16.4 Å². The van der Waals surface area contributed by atoms with Crippen LogP contribution in [0.2, 0.25) is 20.1 Å². The third-order valence-corrected chi connectivity index (χ3v) is 5.13. The molecule has 0 saturated heterocycles. The number of benzene rings is 2. The topological polar surface area (TPSA) is 51.6 Å². The number of rotatable bonds is 6. The fraction of sp³-hybridized carbons (Fsp3) is 0.211. The molecule has 0 atom stereocenters. The molecular weight excluding hydrogens is 412 g/mol. The monoisotopic (exact) mass is 425 g/mol. The molecule has 3 aromatic rings. The van der Waals surface area contributed by atoms with Crippen LogP contribution in [0.1, 0.15) is 12.1 Å². The number of nitriles is 1. The summed E-state index contributed by atoms with van der Waals surface area (Å²) >= 11 is 25.1. The Hall–Kier alpha value is -1.41. The Morgan fingerprint density at radius 3 is 2.46 bits per heavy atom. The van der Waals surface area contributed by atoms with Crippen molar-refractivity contribution in [1.82, 2.24) is 10.3 Å². The zero-order chi connectivity index (χ0) is 18.7. The minimum atomic E-state index is 0.476. The van der Waals surface area contributed by atoms with Crippen LogP contribution in [0.4, 0.5) is 0 Å².